The molecule has 98 valence electrons. The highest BCUT2D eigenvalue weighted by Crippen LogP contribution is 2.72. The lowest BCUT2D eigenvalue weighted by atomic mass is 10.0. The molecule has 5 unspecified atom stereocenters. The van der Waals surface area contributed by atoms with Gasteiger partial charge in [0.1, 0.15) is 0 Å². The van der Waals surface area contributed by atoms with Gasteiger partial charge in [-0.3, -0.25) is 0 Å². The van der Waals surface area contributed by atoms with Crippen LogP contribution in [0, 0.1) is 23.7 Å². The van der Waals surface area contributed by atoms with Crippen molar-refractivity contribution in [2.24, 2.45) is 23.7 Å². The molecule has 0 spiro atoms. The van der Waals surface area contributed by atoms with Crippen molar-refractivity contribution in [3.05, 3.63) is 11.7 Å². The van der Waals surface area contributed by atoms with E-state index in [1.807, 2.05) is 0 Å². The highest BCUT2D eigenvalue weighted by atomic mass is 35.5. The van der Waals surface area contributed by atoms with Crippen molar-refractivity contribution in [1.82, 2.24) is 10.1 Å². The van der Waals surface area contributed by atoms with Crippen LogP contribution in [0.4, 0.5) is 0 Å². The number of aromatic nitrogens is 2. The molecule has 4 heteroatoms. The van der Waals surface area contributed by atoms with Gasteiger partial charge in [0, 0.05) is 5.92 Å². The Morgan fingerprint density at radius 2 is 2.06 bits per heavy atom. The molecule has 0 saturated heterocycles. The summed E-state index contributed by atoms with van der Waals surface area (Å²) < 4.78 is 5.47. The SMILES string of the molecule is CCCC(Cl)c1noc(C2C3C4CCC(C4)C23)n1. The second-order valence-electron chi connectivity index (χ2n) is 6.26. The van der Waals surface area contributed by atoms with Crippen LogP contribution in [0.5, 0.6) is 0 Å². The zero-order valence-electron chi connectivity index (χ0n) is 10.7. The lowest BCUT2D eigenvalue weighted by molar-refractivity contribution is 0.351. The highest BCUT2D eigenvalue weighted by Gasteiger charge is 2.67. The van der Waals surface area contributed by atoms with Gasteiger partial charge in [0.25, 0.3) is 0 Å². The average Bonchev–Trinajstić information content (AvgIpc) is 2.80. The number of nitrogens with zero attached hydrogens (tertiary/aromatic N) is 2. The summed E-state index contributed by atoms with van der Waals surface area (Å²) in [6.45, 7) is 2.12. The van der Waals surface area contributed by atoms with Gasteiger partial charge in [-0.05, 0) is 49.4 Å². The van der Waals surface area contributed by atoms with Crippen molar-refractivity contribution in [2.45, 2.75) is 50.3 Å². The molecule has 0 N–H and O–H groups in total. The van der Waals surface area contributed by atoms with Crippen LogP contribution in [-0.2, 0) is 0 Å². The number of rotatable bonds is 4. The third-order valence-electron chi connectivity index (χ3n) is 5.30. The van der Waals surface area contributed by atoms with E-state index in [1.54, 1.807) is 0 Å². The van der Waals surface area contributed by atoms with Gasteiger partial charge in [-0.2, -0.15) is 4.98 Å². The Kier molecular flexibility index (Phi) is 2.48. The van der Waals surface area contributed by atoms with Gasteiger partial charge in [-0.15, -0.1) is 11.6 Å². The fourth-order valence-electron chi connectivity index (χ4n) is 4.55. The van der Waals surface area contributed by atoms with E-state index in [1.165, 1.54) is 19.3 Å². The fourth-order valence-corrected chi connectivity index (χ4v) is 4.85. The molecule has 1 aromatic rings. The van der Waals surface area contributed by atoms with E-state index in [0.717, 1.165) is 42.4 Å². The van der Waals surface area contributed by atoms with Crippen LogP contribution in [0.3, 0.4) is 0 Å². The Morgan fingerprint density at radius 1 is 1.33 bits per heavy atom. The molecular formula is C14H19ClN2O. The number of alkyl halides is 1. The fraction of sp³-hybridized carbons (Fsp3) is 0.857. The van der Waals surface area contributed by atoms with E-state index in [4.69, 9.17) is 16.1 Å². The molecular weight excluding hydrogens is 248 g/mol. The summed E-state index contributed by atoms with van der Waals surface area (Å²) in [6.07, 6.45) is 6.29. The monoisotopic (exact) mass is 266 g/mol. The van der Waals surface area contributed by atoms with E-state index in [9.17, 15) is 0 Å². The van der Waals surface area contributed by atoms with Gasteiger partial charge in [0.15, 0.2) is 5.82 Å². The standard InChI is InChI=1S/C14H19ClN2O/c1-2-3-9(15)13-16-14(18-17-13)12-10-7-4-5-8(6-7)11(10)12/h7-12H,2-6H2,1H3. The first-order valence-corrected chi connectivity index (χ1v) is 7.70. The maximum absolute atomic E-state index is 6.25. The summed E-state index contributed by atoms with van der Waals surface area (Å²) in [7, 11) is 0. The molecule has 3 nitrogen and oxygen atoms in total. The van der Waals surface area contributed by atoms with E-state index in [0.29, 0.717) is 11.7 Å². The number of hydrogen-bond donors (Lipinski definition) is 0. The summed E-state index contributed by atoms with van der Waals surface area (Å²) in [5.74, 6) is 5.76. The molecule has 0 aliphatic heterocycles. The van der Waals surface area contributed by atoms with Crippen LogP contribution in [0.15, 0.2) is 4.52 Å². The molecule has 2 bridgehead atoms. The molecule has 0 radical (unpaired) electrons. The van der Waals surface area contributed by atoms with Gasteiger partial charge in [0.2, 0.25) is 5.89 Å². The molecule has 1 heterocycles. The molecule has 0 amide bonds. The summed E-state index contributed by atoms with van der Waals surface area (Å²) in [6, 6.07) is 0. The predicted octanol–water partition coefficient (Wildman–Crippen LogP) is 3.91. The molecule has 18 heavy (non-hydrogen) atoms. The summed E-state index contributed by atoms with van der Waals surface area (Å²) in [4.78, 5) is 4.56. The summed E-state index contributed by atoms with van der Waals surface area (Å²) in [5, 5.41) is 3.99. The topological polar surface area (TPSA) is 38.9 Å². The first-order chi connectivity index (χ1) is 8.79. The Bertz CT molecular complexity index is 444. The minimum atomic E-state index is -0.0807. The summed E-state index contributed by atoms with van der Waals surface area (Å²) >= 11 is 6.25. The lowest BCUT2D eigenvalue weighted by Gasteiger charge is -2.04. The molecule has 0 aromatic carbocycles. The Hall–Kier alpha value is -0.570. The average molecular weight is 267 g/mol. The van der Waals surface area contributed by atoms with Gasteiger partial charge in [0.05, 0.1) is 5.38 Å². The van der Waals surface area contributed by atoms with Gasteiger partial charge < -0.3 is 4.52 Å². The zero-order chi connectivity index (χ0) is 12.3. The number of halogens is 1. The van der Waals surface area contributed by atoms with Crippen LogP contribution in [0.1, 0.15) is 62.0 Å². The van der Waals surface area contributed by atoms with Crippen LogP contribution < -0.4 is 0 Å². The smallest absolute Gasteiger partial charge is 0.230 e. The van der Waals surface area contributed by atoms with E-state index >= 15 is 0 Å². The van der Waals surface area contributed by atoms with Crippen molar-refractivity contribution in [3.8, 4) is 0 Å². The maximum Gasteiger partial charge on any atom is 0.230 e. The minimum absolute atomic E-state index is 0.0807. The van der Waals surface area contributed by atoms with Crippen LogP contribution in [-0.4, -0.2) is 10.1 Å². The van der Waals surface area contributed by atoms with Crippen LogP contribution >= 0.6 is 11.6 Å². The largest absolute Gasteiger partial charge is 0.339 e. The normalized spacial score (nSPS) is 42.0. The first-order valence-electron chi connectivity index (χ1n) is 7.27. The molecule has 1 aromatic heterocycles. The van der Waals surface area contributed by atoms with Crippen LogP contribution in [0.2, 0.25) is 0 Å². The van der Waals surface area contributed by atoms with Crippen molar-refractivity contribution in [1.29, 1.82) is 0 Å². The minimum Gasteiger partial charge on any atom is -0.339 e. The Labute approximate surface area is 112 Å². The molecule has 4 rings (SSSR count). The van der Waals surface area contributed by atoms with Gasteiger partial charge >= 0.3 is 0 Å². The number of hydrogen-bond acceptors (Lipinski definition) is 3. The quantitative estimate of drug-likeness (QED) is 0.776. The van der Waals surface area contributed by atoms with Crippen LogP contribution in [0.25, 0.3) is 0 Å². The molecule has 3 aliphatic carbocycles. The molecule has 5 atom stereocenters. The highest BCUT2D eigenvalue weighted by molar-refractivity contribution is 6.20. The number of fused-ring (bicyclic) bond motifs is 5. The first kappa shape index (κ1) is 11.3. The van der Waals surface area contributed by atoms with E-state index < -0.39 is 0 Å². The lowest BCUT2D eigenvalue weighted by Crippen LogP contribution is -1.98. The van der Waals surface area contributed by atoms with Crippen molar-refractivity contribution >= 4 is 11.6 Å². The zero-order valence-corrected chi connectivity index (χ0v) is 11.4. The van der Waals surface area contributed by atoms with Crippen molar-refractivity contribution < 1.29 is 4.52 Å². The van der Waals surface area contributed by atoms with Crippen molar-refractivity contribution in [3.63, 3.8) is 0 Å². The predicted molar refractivity (Wildman–Crippen MR) is 68.4 cm³/mol. The van der Waals surface area contributed by atoms with Gasteiger partial charge in [-0.25, -0.2) is 0 Å². The molecule has 3 saturated carbocycles. The summed E-state index contributed by atoms with van der Waals surface area (Å²) in [5.41, 5.74) is 0. The molecule has 3 fully saturated rings. The third-order valence-corrected chi connectivity index (χ3v) is 5.71. The second kappa shape index (κ2) is 3.96. The van der Waals surface area contributed by atoms with Crippen molar-refractivity contribution in [2.75, 3.05) is 0 Å². The van der Waals surface area contributed by atoms with E-state index in [2.05, 4.69) is 17.1 Å². The van der Waals surface area contributed by atoms with Gasteiger partial charge in [-0.1, -0.05) is 18.5 Å². The Balaban J connectivity index is 1.51. The van der Waals surface area contributed by atoms with E-state index in [-0.39, 0.29) is 5.38 Å². The second-order valence-corrected chi connectivity index (χ2v) is 6.79. The maximum atomic E-state index is 6.25. The Morgan fingerprint density at radius 3 is 2.72 bits per heavy atom. The molecule has 3 aliphatic rings. The third kappa shape index (κ3) is 1.49.